The molecule has 6 heteroatoms. The fourth-order valence-electron chi connectivity index (χ4n) is 2.87. The Morgan fingerprint density at radius 3 is 2.67 bits per heavy atom. The van der Waals surface area contributed by atoms with Crippen LogP contribution in [-0.4, -0.2) is 34.5 Å². The van der Waals surface area contributed by atoms with Crippen molar-refractivity contribution in [2.75, 3.05) is 6.54 Å². The molecule has 1 aliphatic rings. The van der Waals surface area contributed by atoms with Gasteiger partial charge in [-0.3, -0.25) is 4.79 Å². The molecule has 1 atom stereocenters. The normalized spacial score (nSPS) is 21.1. The van der Waals surface area contributed by atoms with Crippen molar-refractivity contribution in [3.8, 4) is 0 Å². The largest absolute Gasteiger partial charge is 0.480 e. The van der Waals surface area contributed by atoms with Gasteiger partial charge in [-0.1, -0.05) is 25.4 Å². The lowest BCUT2D eigenvalue weighted by molar-refractivity contribution is -0.148. The average molecular weight is 375 g/mol. The van der Waals surface area contributed by atoms with Crippen LogP contribution in [0.3, 0.4) is 0 Å². The van der Waals surface area contributed by atoms with Crippen LogP contribution in [0.25, 0.3) is 0 Å². The molecule has 0 aliphatic carbocycles. The van der Waals surface area contributed by atoms with Crippen molar-refractivity contribution in [1.82, 2.24) is 4.90 Å². The van der Waals surface area contributed by atoms with Crippen molar-refractivity contribution >= 4 is 39.4 Å². The molecule has 1 aromatic carbocycles. The lowest BCUT2D eigenvalue weighted by Crippen LogP contribution is -2.56. The summed E-state index contributed by atoms with van der Waals surface area (Å²) in [6.07, 6.45) is 1.58. The molecule has 4 nitrogen and oxygen atoms in total. The molecule has 0 spiro atoms. The van der Waals surface area contributed by atoms with E-state index in [1.54, 1.807) is 18.2 Å². The molecule has 1 aliphatic heterocycles. The van der Waals surface area contributed by atoms with Gasteiger partial charge >= 0.3 is 5.97 Å². The number of carboxylic acids is 1. The summed E-state index contributed by atoms with van der Waals surface area (Å²) in [6.45, 7) is 4.23. The Morgan fingerprint density at radius 2 is 2.10 bits per heavy atom. The summed E-state index contributed by atoms with van der Waals surface area (Å²) in [7, 11) is 0. The highest BCUT2D eigenvalue weighted by Crippen LogP contribution is 2.36. The summed E-state index contributed by atoms with van der Waals surface area (Å²) in [5, 5.41) is 9.95. The van der Waals surface area contributed by atoms with Crippen LogP contribution in [0.2, 0.25) is 5.02 Å². The number of carboxylic acid groups (broad SMARTS) is 1. The zero-order chi connectivity index (χ0) is 15.8. The molecule has 1 amide bonds. The van der Waals surface area contributed by atoms with Gasteiger partial charge in [0.15, 0.2) is 0 Å². The molecule has 0 bridgehead atoms. The minimum absolute atomic E-state index is 0.287. The second-order valence-corrected chi connectivity index (χ2v) is 7.22. The van der Waals surface area contributed by atoms with Crippen molar-refractivity contribution < 1.29 is 14.7 Å². The molecular weight excluding hydrogens is 358 g/mol. The highest BCUT2D eigenvalue weighted by molar-refractivity contribution is 9.10. The number of piperidine rings is 1. The van der Waals surface area contributed by atoms with Crippen LogP contribution in [0, 0.1) is 5.41 Å². The monoisotopic (exact) mass is 373 g/mol. The first-order valence-corrected chi connectivity index (χ1v) is 7.90. The maximum absolute atomic E-state index is 12.7. The van der Waals surface area contributed by atoms with Crippen molar-refractivity contribution in [2.45, 2.75) is 32.7 Å². The Morgan fingerprint density at radius 1 is 1.43 bits per heavy atom. The maximum Gasteiger partial charge on any atom is 0.326 e. The summed E-state index contributed by atoms with van der Waals surface area (Å²) in [6, 6.07) is 4.09. The highest BCUT2D eigenvalue weighted by atomic mass is 79.9. The fraction of sp³-hybridized carbons (Fsp3) is 0.467. The van der Waals surface area contributed by atoms with Crippen LogP contribution >= 0.6 is 27.5 Å². The van der Waals surface area contributed by atoms with Gasteiger partial charge in [0.1, 0.15) is 6.04 Å². The molecule has 21 heavy (non-hydrogen) atoms. The SMILES string of the molecule is CC1(C)CCCN(C(=O)c2ccc(Br)c(Cl)c2)C1C(=O)O. The number of rotatable bonds is 2. The molecule has 1 aromatic rings. The van der Waals surface area contributed by atoms with E-state index in [1.807, 2.05) is 13.8 Å². The number of carbonyl (C=O) groups is 2. The van der Waals surface area contributed by atoms with Crippen LogP contribution in [0.4, 0.5) is 0 Å². The molecule has 1 saturated heterocycles. The summed E-state index contributed by atoms with van der Waals surface area (Å²) in [4.78, 5) is 25.7. The average Bonchev–Trinajstić information content (AvgIpc) is 2.39. The second kappa shape index (κ2) is 5.97. The second-order valence-electron chi connectivity index (χ2n) is 5.96. The number of aliphatic carboxylic acids is 1. The van der Waals surface area contributed by atoms with Gasteiger partial charge in [0.25, 0.3) is 5.91 Å². The van der Waals surface area contributed by atoms with Crippen LogP contribution in [-0.2, 0) is 4.79 Å². The number of hydrogen-bond acceptors (Lipinski definition) is 2. The van der Waals surface area contributed by atoms with Gasteiger partial charge in [0, 0.05) is 16.6 Å². The quantitative estimate of drug-likeness (QED) is 0.856. The van der Waals surface area contributed by atoms with E-state index in [9.17, 15) is 14.7 Å². The molecule has 1 N–H and O–H groups in total. The van der Waals surface area contributed by atoms with E-state index < -0.39 is 17.4 Å². The first kappa shape index (κ1) is 16.3. The molecule has 1 unspecified atom stereocenters. The van der Waals surface area contributed by atoms with Crippen LogP contribution in [0.5, 0.6) is 0 Å². The number of benzene rings is 1. The van der Waals surface area contributed by atoms with E-state index >= 15 is 0 Å². The van der Waals surface area contributed by atoms with Crippen LogP contribution < -0.4 is 0 Å². The molecule has 1 fully saturated rings. The first-order valence-electron chi connectivity index (χ1n) is 6.73. The Bertz CT molecular complexity index is 588. The molecule has 0 saturated carbocycles. The smallest absolute Gasteiger partial charge is 0.326 e. The third-order valence-electron chi connectivity index (χ3n) is 3.93. The predicted molar refractivity (Wildman–Crippen MR) is 84.6 cm³/mol. The standard InChI is InChI=1S/C15H17BrClNO3/c1-15(2)6-3-7-18(12(15)14(20)21)13(19)9-4-5-10(16)11(17)8-9/h4-5,8,12H,3,6-7H2,1-2H3,(H,20,21). The fourth-order valence-corrected chi connectivity index (χ4v) is 3.30. The van der Waals surface area contributed by atoms with Gasteiger partial charge in [0.2, 0.25) is 0 Å². The van der Waals surface area contributed by atoms with E-state index in [0.717, 1.165) is 12.8 Å². The van der Waals surface area contributed by atoms with E-state index in [4.69, 9.17) is 11.6 Å². The Balaban J connectivity index is 2.35. The molecule has 2 rings (SSSR count). The summed E-state index contributed by atoms with van der Waals surface area (Å²) < 4.78 is 0.703. The van der Waals surface area contributed by atoms with Gasteiger partial charge in [0.05, 0.1) is 5.02 Å². The number of hydrogen-bond donors (Lipinski definition) is 1. The zero-order valence-corrected chi connectivity index (χ0v) is 14.2. The summed E-state index contributed by atoms with van der Waals surface area (Å²) >= 11 is 9.29. The molecule has 0 aromatic heterocycles. The van der Waals surface area contributed by atoms with E-state index in [1.165, 1.54) is 4.90 Å². The molecular formula is C15H17BrClNO3. The van der Waals surface area contributed by atoms with Gasteiger partial charge < -0.3 is 10.0 Å². The van der Waals surface area contributed by atoms with Crippen molar-refractivity contribution in [3.63, 3.8) is 0 Å². The maximum atomic E-state index is 12.7. The molecule has 0 radical (unpaired) electrons. The van der Waals surface area contributed by atoms with Gasteiger partial charge in [-0.25, -0.2) is 4.79 Å². The van der Waals surface area contributed by atoms with Crippen molar-refractivity contribution in [1.29, 1.82) is 0 Å². The number of likely N-dealkylation sites (tertiary alicyclic amines) is 1. The first-order chi connectivity index (χ1) is 9.74. The van der Waals surface area contributed by atoms with E-state index in [0.29, 0.717) is 21.6 Å². The van der Waals surface area contributed by atoms with Crippen LogP contribution in [0.15, 0.2) is 22.7 Å². The number of nitrogens with zero attached hydrogens (tertiary/aromatic N) is 1. The van der Waals surface area contributed by atoms with Crippen molar-refractivity contribution in [2.24, 2.45) is 5.41 Å². The van der Waals surface area contributed by atoms with E-state index in [-0.39, 0.29) is 5.91 Å². The molecule has 114 valence electrons. The third kappa shape index (κ3) is 3.24. The van der Waals surface area contributed by atoms with Gasteiger partial charge in [-0.15, -0.1) is 0 Å². The minimum atomic E-state index is -0.962. The highest BCUT2D eigenvalue weighted by Gasteiger charge is 2.44. The Labute approximate surface area is 137 Å². The van der Waals surface area contributed by atoms with Gasteiger partial charge in [-0.05, 0) is 52.4 Å². The Kier molecular flexibility index (Phi) is 4.63. The van der Waals surface area contributed by atoms with Gasteiger partial charge in [-0.2, -0.15) is 0 Å². The Hall–Kier alpha value is -1.07. The van der Waals surface area contributed by atoms with Crippen LogP contribution in [0.1, 0.15) is 37.0 Å². The molecule has 1 heterocycles. The van der Waals surface area contributed by atoms with Crippen molar-refractivity contribution in [3.05, 3.63) is 33.3 Å². The van der Waals surface area contributed by atoms with E-state index in [2.05, 4.69) is 15.9 Å². The zero-order valence-electron chi connectivity index (χ0n) is 11.9. The lowest BCUT2D eigenvalue weighted by Gasteiger charge is -2.44. The third-order valence-corrected chi connectivity index (χ3v) is 5.17. The summed E-state index contributed by atoms with van der Waals surface area (Å²) in [5.74, 6) is -1.25. The predicted octanol–water partition coefficient (Wildman–Crippen LogP) is 3.82. The summed E-state index contributed by atoms with van der Waals surface area (Å²) in [5.41, 5.74) is -0.0361. The lowest BCUT2D eigenvalue weighted by atomic mass is 9.76. The number of amides is 1. The number of halogens is 2. The minimum Gasteiger partial charge on any atom is -0.480 e. The number of carbonyl (C=O) groups excluding carboxylic acids is 1. The topological polar surface area (TPSA) is 57.6 Å².